The molecule has 1 aromatic carbocycles. The van der Waals surface area contributed by atoms with Gasteiger partial charge in [-0.15, -0.1) is 0 Å². The normalized spacial score (nSPS) is 13.9. The lowest BCUT2D eigenvalue weighted by Gasteiger charge is -2.21. The second-order valence-electron chi connectivity index (χ2n) is 5.88. The summed E-state index contributed by atoms with van der Waals surface area (Å²) in [4.78, 5) is 18.5. The maximum Gasteiger partial charge on any atom is 0.207 e. The molecule has 0 unspecified atom stereocenters. The zero-order chi connectivity index (χ0) is 17.6. The van der Waals surface area contributed by atoms with Crippen LogP contribution in [0.25, 0.3) is 0 Å². The van der Waals surface area contributed by atoms with E-state index in [2.05, 4.69) is 21.3 Å². The van der Waals surface area contributed by atoms with Crippen molar-refractivity contribution >= 4 is 35.5 Å². The van der Waals surface area contributed by atoms with Gasteiger partial charge in [0, 0.05) is 43.0 Å². The molecule has 1 aromatic heterocycles. The molecule has 1 amide bonds. The summed E-state index contributed by atoms with van der Waals surface area (Å²) >= 11 is 8.11. The molecular weight excluding hydrogens is 356 g/mol. The predicted octanol–water partition coefficient (Wildman–Crippen LogP) is 3.19. The number of carbonyl (C=O) groups is 1. The largest absolute Gasteiger partial charge is 0.371 e. The third-order valence-electron chi connectivity index (χ3n) is 4.22. The number of amides is 1. The second-order valence-corrected chi connectivity index (χ2v) is 7.29. The fourth-order valence-electron chi connectivity index (χ4n) is 2.96. The average Bonchev–Trinajstić information content (AvgIpc) is 3.17. The number of nitrogens with zero attached hydrogens (tertiary/aromatic N) is 2. The maximum atomic E-state index is 10.8. The number of hydrogen-bond donors (Lipinski definition) is 2. The number of pyridine rings is 1. The van der Waals surface area contributed by atoms with E-state index >= 15 is 0 Å². The number of aromatic nitrogens is 1. The molecule has 5 nitrogen and oxygen atoms in total. The van der Waals surface area contributed by atoms with Crippen LogP contribution in [0.3, 0.4) is 0 Å². The van der Waals surface area contributed by atoms with Gasteiger partial charge in [-0.05, 0) is 42.2 Å². The summed E-state index contributed by atoms with van der Waals surface area (Å²) in [6.07, 6.45) is 4.85. The van der Waals surface area contributed by atoms with Crippen LogP contribution in [-0.4, -0.2) is 24.5 Å². The average molecular weight is 377 g/mol. The van der Waals surface area contributed by atoms with Gasteiger partial charge >= 0.3 is 0 Å². The van der Waals surface area contributed by atoms with E-state index in [9.17, 15) is 4.79 Å². The molecule has 2 heterocycles. The monoisotopic (exact) mass is 376 g/mol. The second kappa shape index (κ2) is 8.56. The molecule has 0 bridgehead atoms. The predicted molar refractivity (Wildman–Crippen MR) is 102 cm³/mol. The summed E-state index contributed by atoms with van der Waals surface area (Å²) in [6, 6.07) is 7.95. The van der Waals surface area contributed by atoms with E-state index in [1.54, 1.807) is 6.20 Å². The fraction of sp³-hybridized carbons (Fsp3) is 0.333. The Bertz CT molecular complexity index is 750. The minimum atomic E-state index is 0.418. The van der Waals surface area contributed by atoms with Crippen molar-refractivity contribution in [3.8, 4) is 0 Å². The minimum absolute atomic E-state index is 0.418. The third kappa shape index (κ3) is 4.26. The Morgan fingerprint density at radius 2 is 2.12 bits per heavy atom. The molecule has 3 N–H and O–H groups in total. The Kier molecular flexibility index (Phi) is 6.18. The van der Waals surface area contributed by atoms with Crippen LogP contribution >= 0.6 is 23.4 Å². The first-order chi connectivity index (χ1) is 12.2. The molecule has 3 rings (SSSR count). The molecule has 0 saturated carbocycles. The Labute approximate surface area is 156 Å². The van der Waals surface area contributed by atoms with Crippen LogP contribution in [0.4, 0.5) is 5.69 Å². The number of rotatable bonds is 7. The standard InChI is InChI=1S/C18H21ClN4OS/c19-16-9-15(23-6-1-2-7-23)8-14(11-21-12-24)17(16)25-18-13(10-20)4-3-5-22-18/h3-5,8-9,12H,1-2,6-7,10-11,20H2,(H,21,24). The number of carbonyl (C=O) groups excluding carboxylic acids is 1. The van der Waals surface area contributed by atoms with Gasteiger partial charge in [0.05, 0.1) is 5.02 Å². The molecule has 2 aromatic rings. The van der Waals surface area contributed by atoms with Gasteiger partial charge < -0.3 is 16.0 Å². The lowest BCUT2D eigenvalue weighted by atomic mass is 10.2. The van der Waals surface area contributed by atoms with Crippen molar-refractivity contribution in [2.75, 3.05) is 18.0 Å². The molecule has 1 aliphatic heterocycles. The van der Waals surface area contributed by atoms with Gasteiger partial charge in [-0.3, -0.25) is 4.79 Å². The Hall–Kier alpha value is -1.76. The van der Waals surface area contributed by atoms with Gasteiger partial charge in [-0.2, -0.15) is 0 Å². The molecule has 0 radical (unpaired) electrons. The van der Waals surface area contributed by atoms with Crippen molar-refractivity contribution in [2.24, 2.45) is 5.73 Å². The third-order valence-corrected chi connectivity index (χ3v) is 5.88. The molecule has 0 aliphatic carbocycles. The van der Waals surface area contributed by atoms with Gasteiger partial charge in [0.25, 0.3) is 0 Å². The highest BCUT2D eigenvalue weighted by molar-refractivity contribution is 7.99. The highest BCUT2D eigenvalue weighted by Crippen LogP contribution is 2.39. The molecule has 0 atom stereocenters. The van der Waals surface area contributed by atoms with E-state index < -0.39 is 0 Å². The zero-order valence-corrected chi connectivity index (χ0v) is 15.4. The Balaban J connectivity index is 1.97. The summed E-state index contributed by atoms with van der Waals surface area (Å²) in [5, 5.41) is 4.26. The quantitative estimate of drug-likeness (QED) is 0.726. The number of nitrogens with two attached hydrogens (primary N) is 1. The summed E-state index contributed by atoms with van der Waals surface area (Å²) in [5.41, 5.74) is 8.88. The van der Waals surface area contributed by atoms with Crippen molar-refractivity contribution in [3.63, 3.8) is 0 Å². The molecule has 0 spiro atoms. The maximum absolute atomic E-state index is 10.8. The molecular formula is C18H21ClN4OS. The number of nitrogens with one attached hydrogen (secondary N) is 1. The molecule has 25 heavy (non-hydrogen) atoms. The van der Waals surface area contributed by atoms with E-state index in [4.69, 9.17) is 17.3 Å². The Morgan fingerprint density at radius 3 is 2.84 bits per heavy atom. The summed E-state index contributed by atoms with van der Waals surface area (Å²) < 4.78 is 0. The lowest BCUT2D eigenvalue weighted by Crippen LogP contribution is -2.19. The van der Waals surface area contributed by atoms with Gasteiger partial charge in [0.15, 0.2) is 0 Å². The number of hydrogen-bond acceptors (Lipinski definition) is 5. The van der Waals surface area contributed by atoms with Crippen molar-refractivity contribution in [2.45, 2.75) is 35.9 Å². The molecule has 1 fully saturated rings. The number of anilines is 1. The van der Waals surface area contributed by atoms with Crippen LogP contribution in [0.5, 0.6) is 0 Å². The SMILES string of the molecule is NCc1cccnc1Sc1c(Cl)cc(N2CCCC2)cc1CNC=O. The first-order valence-corrected chi connectivity index (χ1v) is 9.48. The van der Waals surface area contributed by atoms with E-state index in [-0.39, 0.29) is 0 Å². The van der Waals surface area contributed by atoms with Crippen LogP contribution in [0.15, 0.2) is 40.4 Å². The number of benzene rings is 1. The van der Waals surface area contributed by atoms with Crippen LogP contribution in [-0.2, 0) is 17.9 Å². The first kappa shape index (κ1) is 18.0. The van der Waals surface area contributed by atoms with Gasteiger partial charge in [0.1, 0.15) is 5.03 Å². The lowest BCUT2D eigenvalue weighted by molar-refractivity contribution is -0.109. The van der Waals surface area contributed by atoms with Crippen molar-refractivity contribution < 1.29 is 4.79 Å². The van der Waals surface area contributed by atoms with E-state index in [1.165, 1.54) is 24.6 Å². The van der Waals surface area contributed by atoms with E-state index in [0.29, 0.717) is 24.5 Å². The molecule has 7 heteroatoms. The van der Waals surface area contributed by atoms with E-state index in [0.717, 1.165) is 39.8 Å². The Morgan fingerprint density at radius 1 is 1.32 bits per heavy atom. The molecule has 132 valence electrons. The van der Waals surface area contributed by atoms with Gasteiger partial charge in [-0.25, -0.2) is 4.98 Å². The minimum Gasteiger partial charge on any atom is -0.371 e. The number of halogens is 1. The smallest absolute Gasteiger partial charge is 0.207 e. The summed E-state index contributed by atoms with van der Waals surface area (Å²) in [6.45, 7) is 2.93. The van der Waals surface area contributed by atoms with Gasteiger partial charge in [-0.1, -0.05) is 29.4 Å². The zero-order valence-electron chi connectivity index (χ0n) is 13.9. The summed E-state index contributed by atoms with van der Waals surface area (Å²) in [5.74, 6) is 0. The highest BCUT2D eigenvalue weighted by atomic mass is 35.5. The topological polar surface area (TPSA) is 71.2 Å². The molecule has 1 saturated heterocycles. The fourth-order valence-corrected chi connectivity index (χ4v) is 4.31. The summed E-state index contributed by atoms with van der Waals surface area (Å²) in [7, 11) is 0. The van der Waals surface area contributed by atoms with Crippen molar-refractivity contribution in [3.05, 3.63) is 46.6 Å². The first-order valence-electron chi connectivity index (χ1n) is 8.29. The van der Waals surface area contributed by atoms with Crippen molar-refractivity contribution in [1.82, 2.24) is 10.3 Å². The highest BCUT2D eigenvalue weighted by Gasteiger charge is 2.18. The van der Waals surface area contributed by atoms with Crippen LogP contribution in [0.2, 0.25) is 5.02 Å². The van der Waals surface area contributed by atoms with Crippen LogP contribution in [0.1, 0.15) is 24.0 Å². The van der Waals surface area contributed by atoms with Crippen LogP contribution < -0.4 is 16.0 Å². The van der Waals surface area contributed by atoms with Gasteiger partial charge in [0.2, 0.25) is 6.41 Å². The molecule has 1 aliphatic rings. The van der Waals surface area contributed by atoms with Crippen molar-refractivity contribution in [1.29, 1.82) is 0 Å². The van der Waals surface area contributed by atoms with Crippen LogP contribution in [0, 0.1) is 0 Å². The van der Waals surface area contributed by atoms with E-state index in [1.807, 2.05) is 18.2 Å².